The highest BCUT2D eigenvalue weighted by Crippen LogP contribution is 2.57. The van der Waals surface area contributed by atoms with Gasteiger partial charge >= 0.3 is 18.0 Å². The molecule has 1 aliphatic heterocycles. The number of rotatable bonds is 18. The summed E-state index contributed by atoms with van der Waals surface area (Å²) in [6.07, 6.45) is 6.41. The summed E-state index contributed by atoms with van der Waals surface area (Å²) in [6.45, 7) is 10.1. The molecule has 2 aromatic carbocycles. The number of hydrogen-bond acceptors (Lipinski definition) is 9. The Hall–Kier alpha value is -5.00. The fourth-order valence-corrected chi connectivity index (χ4v) is 6.34. The number of unbranched alkanes of at least 4 members (excludes halogenated alkanes) is 3. The van der Waals surface area contributed by atoms with Crippen LogP contribution in [-0.2, 0) is 25.6 Å². The molecule has 0 bridgehead atoms. The average Bonchev–Trinajstić information content (AvgIpc) is 3.66. The van der Waals surface area contributed by atoms with Crippen LogP contribution in [0.1, 0.15) is 67.8 Å². The number of Topliss-reactive ketones (excluding diaryl/α,β-unsaturated/α-hetero) is 1. The molecular weight excluding hydrogens is 630 g/mol. The lowest BCUT2D eigenvalue weighted by atomic mass is 9.92. The van der Waals surface area contributed by atoms with Gasteiger partial charge in [0.2, 0.25) is 0 Å². The van der Waals surface area contributed by atoms with Crippen molar-refractivity contribution in [1.82, 2.24) is 9.80 Å². The third-order valence-corrected chi connectivity index (χ3v) is 9.20. The van der Waals surface area contributed by atoms with Crippen molar-refractivity contribution in [2.45, 2.75) is 70.6 Å². The van der Waals surface area contributed by atoms with Crippen molar-refractivity contribution in [3.8, 4) is 5.75 Å². The van der Waals surface area contributed by atoms with E-state index in [2.05, 4.69) is 13.2 Å². The van der Waals surface area contributed by atoms with Crippen LogP contribution >= 0.6 is 0 Å². The molecular formula is C37H45N3O9. The first kappa shape index (κ1) is 36.8. The lowest BCUT2D eigenvalue weighted by Crippen LogP contribution is -2.49. The predicted molar refractivity (Wildman–Crippen MR) is 182 cm³/mol. The van der Waals surface area contributed by atoms with E-state index >= 15 is 0 Å². The summed E-state index contributed by atoms with van der Waals surface area (Å²) in [5.41, 5.74) is -0.233. The Morgan fingerprint density at radius 3 is 2.37 bits per heavy atom. The molecule has 0 N–H and O–H groups in total. The van der Waals surface area contributed by atoms with E-state index in [4.69, 9.17) is 14.2 Å². The van der Waals surface area contributed by atoms with Crippen molar-refractivity contribution in [1.29, 1.82) is 0 Å². The molecule has 12 nitrogen and oxygen atoms in total. The molecule has 4 atom stereocenters. The number of carbonyl (C=O) groups is 4. The maximum atomic E-state index is 14.4. The summed E-state index contributed by atoms with van der Waals surface area (Å²) < 4.78 is 16.4. The number of esters is 2. The van der Waals surface area contributed by atoms with Gasteiger partial charge < -0.3 is 24.0 Å². The van der Waals surface area contributed by atoms with Crippen LogP contribution < -0.4 is 4.74 Å². The van der Waals surface area contributed by atoms with Crippen LogP contribution in [0.5, 0.6) is 5.75 Å². The van der Waals surface area contributed by atoms with Gasteiger partial charge in [-0.05, 0) is 68.4 Å². The number of nitro groups is 1. The second-order valence-corrected chi connectivity index (χ2v) is 12.5. The first-order chi connectivity index (χ1) is 23.6. The highest BCUT2D eigenvalue weighted by atomic mass is 16.6. The summed E-state index contributed by atoms with van der Waals surface area (Å²) in [6, 6.07) is 11.1. The molecule has 0 radical (unpaired) electrons. The number of non-ortho nitro benzene ring substituents is 1. The number of nitrogens with zero attached hydrogens (tertiary/aromatic N) is 3. The van der Waals surface area contributed by atoms with Gasteiger partial charge in [-0.1, -0.05) is 30.7 Å². The van der Waals surface area contributed by atoms with Crippen LogP contribution in [0, 0.1) is 21.4 Å². The number of nitro benzene ring substituents is 1. The smallest absolute Gasteiger partial charge is 0.338 e. The first-order valence-electron chi connectivity index (χ1n) is 16.6. The van der Waals surface area contributed by atoms with Crippen molar-refractivity contribution in [2.75, 3.05) is 26.8 Å². The normalized spacial score (nSPS) is 20.9. The standard InChI is InChI=1S/C37H45N3O9/c1-5-8-9-10-11-20-38(24-26-12-18-30(47-4)19-13-26)36(44)39-25-31(49-34(42)27-14-16-29(17-15-27)40(45)46)21-32(39)33(41)23-37(22-28(37)6-2)35(43)48-7-3/h5-6,12-19,28,31-32H,1-2,7-11,20-25H2,3-4H3/t28-,31+,32+,37-/m1/s1. The van der Waals surface area contributed by atoms with Crippen LogP contribution in [0.15, 0.2) is 73.8 Å². The molecule has 1 saturated carbocycles. The van der Waals surface area contributed by atoms with Gasteiger partial charge in [-0.3, -0.25) is 19.7 Å². The first-order valence-corrected chi connectivity index (χ1v) is 16.6. The van der Waals surface area contributed by atoms with Crippen molar-refractivity contribution in [3.05, 3.63) is 95.1 Å². The number of carbonyl (C=O) groups excluding carboxylic acids is 4. The van der Waals surface area contributed by atoms with Gasteiger partial charge in [0.05, 0.1) is 42.2 Å². The number of likely N-dealkylation sites (tertiary alicyclic amines) is 1. The maximum absolute atomic E-state index is 14.4. The Labute approximate surface area is 286 Å². The molecule has 2 aromatic rings. The third-order valence-electron chi connectivity index (χ3n) is 9.20. The van der Waals surface area contributed by atoms with E-state index in [-0.39, 0.29) is 61.5 Å². The van der Waals surface area contributed by atoms with Gasteiger partial charge in [0, 0.05) is 38.1 Å². The lowest BCUT2D eigenvalue weighted by molar-refractivity contribution is -0.384. The van der Waals surface area contributed by atoms with E-state index in [0.717, 1.165) is 31.2 Å². The fraction of sp³-hybridized carbons (Fsp3) is 0.459. The quantitative estimate of drug-likeness (QED) is 0.0585. The minimum absolute atomic E-state index is 0.0384. The van der Waals surface area contributed by atoms with Crippen LogP contribution in [-0.4, -0.2) is 77.4 Å². The molecule has 1 saturated heterocycles. The Morgan fingerprint density at radius 2 is 1.78 bits per heavy atom. The van der Waals surface area contributed by atoms with Crippen molar-refractivity contribution >= 4 is 29.4 Å². The van der Waals surface area contributed by atoms with E-state index in [1.54, 1.807) is 25.0 Å². The van der Waals surface area contributed by atoms with E-state index in [1.165, 1.54) is 29.2 Å². The number of ketones is 1. The molecule has 12 heteroatoms. The zero-order valence-electron chi connectivity index (χ0n) is 28.2. The molecule has 49 heavy (non-hydrogen) atoms. The predicted octanol–water partition coefficient (Wildman–Crippen LogP) is 6.29. The Morgan fingerprint density at radius 1 is 1.06 bits per heavy atom. The minimum atomic E-state index is -1.04. The van der Waals surface area contributed by atoms with Crippen molar-refractivity contribution < 1.29 is 38.3 Å². The van der Waals surface area contributed by atoms with Crippen LogP contribution in [0.2, 0.25) is 0 Å². The lowest BCUT2D eigenvalue weighted by Gasteiger charge is -2.32. The SMILES string of the molecule is C=CCCCCCN(Cc1ccc(OC)cc1)C(=O)N1C[C@@H](OC(=O)c2ccc([N+](=O)[O-])cc2)C[C@H]1C(=O)C[C@]1(C(=O)OCC)C[C@H]1C=C. The van der Waals surface area contributed by atoms with Crippen molar-refractivity contribution in [2.24, 2.45) is 11.3 Å². The molecule has 0 spiro atoms. The number of amides is 2. The van der Waals surface area contributed by atoms with E-state index < -0.39 is 34.4 Å². The van der Waals surface area contributed by atoms with Gasteiger partial charge in [-0.15, -0.1) is 13.2 Å². The fourth-order valence-electron chi connectivity index (χ4n) is 6.34. The monoisotopic (exact) mass is 675 g/mol. The summed E-state index contributed by atoms with van der Waals surface area (Å²) in [5.74, 6) is -1.06. The molecule has 1 heterocycles. The zero-order valence-corrected chi connectivity index (χ0v) is 28.2. The number of hydrogen-bond donors (Lipinski definition) is 0. The van der Waals surface area contributed by atoms with E-state index in [1.807, 2.05) is 30.3 Å². The van der Waals surface area contributed by atoms with Crippen LogP contribution in [0.25, 0.3) is 0 Å². The van der Waals surface area contributed by atoms with Gasteiger partial charge in [-0.2, -0.15) is 0 Å². The number of allylic oxidation sites excluding steroid dienone is 2. The average molecular weight is 676 g/mol. The molecule has 4 rings (SSSR count). The Bertz CT molecular complexity index is 1520. The zero-order chi connectivity index (χ0) is 35.6. The van der Waals surface area contributed by atoms with E-state index in [9.17, 15) is 29.3 Å². The molecule has 0 unspecified atom stereocenters. The Kier molecular flexibility index (Phi) is 12.7. The summed E-state index contributed by atoms with van der Waals surface area (Å²) in [7, 11) is 1.58. The number of ether oxygens (including phenoxy) is 3. The van der Waals surface area contributed by atoms with Crippen LogP contribution in [0.3, 0.4) is 0 Å². The van der Waals surface area contributed by atoms with E-state index in [0.29, 0.717) is 18.7 Å². The highest BCUT2D eigenvalue weighted by Gasteiger charge is 2.61. The number of urea groups is 1. The summed E-state index contributed by atoms with van der Waals surface area (Å²) in [4.78, 5) is 68.2. The minimum Gasteiger partial charge on any atom is -0.497 e. The topological polar surface area (TPSA) is 146 Å². The largest absolute Gasteiger partial charge is 0.497 e. The van der Waals surface area contributed by atoms with Crippen molar-refractivity contribution in [3.63, 3.8) is 0 Å². The Balaban J connectivity index is 1.59. The molecule has 0 aromatic heterocycles. The maximum Gasteiger partial charge on any atom is 0.338 e. The molecule has 2 aliphatic rings. The highest BCUT2D eigenvalue weighted by molar-refractivity contribution is 5.95. The third kappa shape index (κ3) is 9.13. The summed E-state index contributed by atoms with van der Waals surface area (Å²) >= 11 is 0. The second-order valence-electron chi connectivity index (χ2n) is 12.5. The van der Waals surface area contributed by atoms with Gasteiger partial charge in [0.25, 0.3) is 5.69 Å². The molecule has 2 amide bonds. The van der Waals surface area contributed by atoms with Gasteiger partial charge in [0.1, 0.15) is 11.9 Å². The van der Waals surface area contributed by atoms with Crippen LogP contribution in [0.4, 0.5) is 10.5 Å². The second kappa shape index (κ2) is 16.9. The number of benzene rings is 2. The number of methoxy groups -OCH3 is 1. The van der Waals surface area contributed by atoms with Gasteiger partial charge in [0.15, 0.2) is 5.78 Å². The molecule has 1 aliphatic carbocycles. The molecule has 262 valence electrons. The molecule has 2 fully saturated rings. The van der Waals surface area contributed by atoms with Gasteiger partial charge in [-0.25, -0.2) is 9.59 Å². The summed E-state index contributed by atoms with van der Waals surface area (Å²) in [5, 5.41) is 11.1.